The number of aliphatic hydroxyl groups excluding tert-OH is 1. The maximum atomic E-state index is 9.24. The Kier molecular flexibility index (Phi) is 4.39. The number of hydrogen-bond acceptors (Lipinski definition) is 4. The Balaban J connectivity index is 2.66. The molecule has 1 heterocycles. The first-order chi connectivity index (χ1) is 7.49. The minimum Gasteiger partial charge on any atom is -0.392 e. The fourth-order valence-corrected chi connectivity index (χ4v) is 1.55. The van der Waals surface area contributed by atoms with Gasteiger partial charge in [0.05, 0.1) is 6.10 Å². The van der Waals surface area contributed by atoms with Gasteiger partial charge in [-0.25, -0.2) is 0 Å². The van der Waals surface area contributed by atoms with Crippen LogP contribution in [-0.2, 0) is 6.54 Å². The standard InChI is InChI=1S/C11H18N4O/c1-8(16)6-15(2)7-9-3-4-14-10(5-9)11(12)13/h3-5,8,16H,6-7H2,1-2H3,(H3,12,13). The lowest BCUT2D eigenvalue weighted by Gasteiger charge is -2.18. The summed E-state index contributed by atoms with van der Waals surface area (Å²) in [6.45, 7) is 3.06. The van der Waals surface area contributed by atoms with Crippen LogP contribution in [0.25, 0.3) is 0 Å². The highest BCUT2D eigenvalue weighted by Gasteiger charge is 2.05. The smallest absolute Gasteiger partial charge is 0.141 e. The fourth-order valence-electron chi connectivity index (χ4n) is 1.55. The molecule has 4 N–H and O–H groups in total. The average Bonchev–Trinajstić information content (AvgIpc) is 2.16. The fraction of sp³-hybridized carbons (Fsp3) is 0.455. The van der Waals surface area contributed by atoms with Crippen molar-refractivity contribution in [2.45, 2.75) is 19.6 Å². The van der Waals surface area contributed by atoms with Crippen LogP contribution in [0.1, 0.15) is 18.2 Å². The first-order valence-electron chi connectivity index (χ1n) is 5.15. The van der Waals surface area contributed by atoms with Crippen LogP contribution >= 0.6 is 0 Å². The van der Waals surface area contributed by atoms with Crippen LogP contribution in [0.2, 0.25) is 0 Å². The van der Waals surface area contributed by atoms with Gasteiger partial charge in [0.2, 0.25) is 0 Å². The lowest BCUT2D eigenvalue weighted by atomic mass is 10.2. The largest absolute Gasteiger partial charge is 0.392 e. The number of rotatable bonds is 5. The second-order valence-corrected chi connectivity index (χ2v) is 4.01. The summed E-state index contributed by atoms with van der Waals surface area (Å²) in [5.41, 5.74) is 6.88. The van der Waals surface area contributed by atoms with Crippen molar-refractivity contribution in [2.24, 2.45) is 5.73 Å². The van der Waals surface area contributed by atoms with E-state index in [0.29, 0.717) is 18.8 Å². The summed E-state index contributed by atoms with van der Waals surface area (Å²) in [4.78, 5) is 5.99. The van der Waals surface area contributed by atoms with Gasteiger partial charge in [-0.15, -0.1) is 0 Å². The van der Waals surface area contributed by atoms with E-state index in [9.17, 15) is 5.11 Å². The highest BCUT2D eigenvalue weighted by molar-refractivity contribution is 5.93. The van der Waals surface area contributed by atoms with E-state index in [1.165, 1.54) is 0 Å². The molecule has 0 radical (unpaired) electrons. The van der Waals surface area contributed by atoms with E-state index in [1.807, 2.05) is 18.0 Å². The van der Waals surface area contributed by atoms with E-state index in [1.54, 1.807) is 19.2 Å². The summed E-state index contributed by atoms with van der Waals surface area (Å²) in [7, 11) is 1.93. The minimum absolute atomic E-state index is 0.0278. The zero-order chi connectivity index (χ0) is 12.1. The number of nitrogens with two attached hydrogens (primary N) is 1. The molecule has 0 bridgehead atoms. The summed E-state index contributed by atoms with van der Waals surface area (Å²) in [6, 6.07) is 3.67. The van der Waals surface area contributed by atoms with Crippen molar-refractivity contribution in [3.8, 4) is 0 Å². The monoisotopic (exact) mass is 222 g/mol. The van der Waals surface area contributed by atoms with E-state index in [4.69, 9.17) is 11.1 Å². The van der Waals surface area contributed by atoms with Crippen molar-refractivity contribution in [3.05, 3.63) is 29.6 Å². The Bertz CT molecular complexity index is 365. The third kappa shape index (κ3) is 3.96. The van der Waals surface area contributed by atoms with Crippen molar-refractivity contribution in [1.29, 1.82) is 5.41 Å². The third-order valence-corrected chi connectivity index (χ3v) is 2.13. The third-order valence-electron chi connectivity index (χ3n) is 2.13. The van der Waals surface area contributed by atoms with Crippen LogP contribution in [0.5, 0.6) is 0 Å². The van der Waals surface area contributed by atoms with Gasteiger partial charge in [0, 0.05) is 19.3 Å². The van der Waals surface area contributed by atoms with Crippen LogP contribution in [-0.4, -0.2) is 40.5 Å². The molecule has 16 heavy (non-hydrogen) atoms. The van der Waals surface area contributed by atoms with Crippen LogP contribution in [0, 0.1) is 5.41 Å². The van der Waals surface area contributed by atoms with Crippen LogP contribution in [0.3, 0.4) is 0 Å². The Hall–Kier alpha value is -1.46. The topological polar surface area (TPSA) is 86.2 Å². The molecular weight excluding hydrogens is 204 g/mol. The molecule has 0 aliphatic heterocycles. The molecule has 1 aromatic rings. The average molecular weight is 222 g/mol. The number of aliphatic hydroxyl groups is 1. The summed E-state index contributed by atoms with van der Waals surface area (Å²) in [6.07, 6.45) is 1.29. The summed E-state index contributed by atoms with van der Waals surface area (Å²) in [5, 5.41) is 16.5. The van der Waals surface area contributed by atoms with E-state index < -0.39 is 0 Å². The number of amidine groups is 1. The summed E-state index contributed by atoms with van der Waals surface area (Å²) >= 11 is 0. The van der Waals surface area contributed by atoms with Gasteiger partial charge in [-0.05, 0) is 31.7 Å². The molecule has 0 aromatic carbocycles. The zero-order valence-corrected chi connectivity index (χ0v) is 9.64. The molecule has 0 aliphatic rings. The molecule has 5 heteroatoms. The van der Waals surface area contributed by atoms with E-state index in [0.717, 1.165) is 5.56 Å². The lowest BCUT2D eigenvalue weighted by molar-refractivity contribution is 0.138. The van der Waals surface area contributed by atoms with Crippen molar-refractivity contribution in [3.63, 3.8) is 0 Å². The van der Waals surface area contributed by atoms with Crippen molar-refractivity contribution < 1.29 is 5.11 Å². The first-order valence-corrected chi connectivity index (χ1v) is 5.15. The number of likely N-dealkylation sites (N-methyl/N-ethyl adjacent to an activating group) is 1. The summed E-state index contributed by atoms with van der Waals surface area (Å²) < 4.78 is 0. The minimum atomic E-state index is -0.348. The highest BCUT2D eigenvalue weighted by Crippen LogP contribution is 2.05. The molecular formula is C11H18N4O. The molecule has 0 fully saturated rings. The van der Waals surface area contributed by atoms with Gasteiger partial charge in [0.1, 0.15) is 11.5 Å². The number of nitrogens with one attached hydrogen (secondary N) is 1. The van der Waals surface area contributed by atoms with Gasteiger partial charge >= 0.3 is 0 Å². The maximum absolute atomic E-state index is 9.24. The van der Waals surface area contributed by atoms with E-state index >= 15 is 0 Å². The van der Waals surface area contributed by atoms with Crippen molar-refractivity contribution in [1.82, 2.24) is 9.88 Å². The predicted octanol–water partition coefficient (Wildman–Crippen LogP) is 0.178. The highest BCUT2D eigenvalue weighted by atomic mass is 16.3. The number of nitrogen functional groups attached to an aromatic ring is 1. The molecule has 0 spiro atoms. The number of pyridine rings is 1. The Morgan fingerprint density at radius 2 is 2.38 bits per heavy atom. The molecule has 0 saturated heterocycles. The Morgan fingerprint density at radius 1 is 1.69 bits per heavy atom. The molecule has 0 amide bonds. The molecule has 88 valence electrons. The van der Waals surface area contributed by atoms with Crippen LogP contribution in [0.4, 0.5) is 0 Å². The van der Waals surface area contributed by atoms with E-state index in [-0.39, 0.29) is 11.9 Å². The summed E-state index contributed by atoms with van der Waals surface area (Å²) in [5.74, 6) is -0.0278. The van der Waals surface area contributed by atoms with E-state index in [2.05, 4.69) is 4.98 Å². The van der Waals surface area contributed by atoms with Crippen LogP contribution < -0.4 is 5.73 Å². The molecule has 1 unspecified atom stereocenters. The number of hydrogen-bond donors (Lipinski definition) is 3. The second-order valence-electron chi connectivity index (χ2n) is 4.01. The Morgan fingerprint density at radius 3 is 2.94 bits per heavy atom. The van der Waals surface area contributed by atoms with Gasteiger partial charge in [-0.2, -0.15) is 0 Å². The SMILES string of the molecule is CC(O)CN(C)Cc1ccnc(C(=N)N)c1. The van der Waals surface area contributed by atoms with Crippen LogP contribution in [0.15, 0.2) is 18.3 Å². The van der Waals surface area contributed by atoms with Gasteiger partial charge in [0.25, 0.3) is 0 Å². The van der Waals surface area contributed by atoms with Gasteiger partial charge in [0.15, 0.2) is 0 Å². The quantitative estimate of drug-likeness (QED) is 0.490. The van der Waals surface area contributed by atoms with Gasteiger partial charge in [-0.3, -0.25) is 15.3 Å². The van der Waals surface area contributed by atoms with Gasteiger partial charge in [-0.1, -0.05) is 0 Å². The number of nitrogens with zero attached hydrogens (tertiary/aromatic N) is 2. The lowest BCUT2D eigenvalue weighted by Crippen LogP contribution is -2.27. The Labute approximate surface area is 95.4 Å². The first kappa shape index (κ1) is 12.6. The molecule has 1 aromatic heterocycles. The molecule has 0 aliphatic carbocycles. The second kappa shape index (κ2) is 5.58. The van der Waals surface area contributed by atoms with Crippen molar-refractivity contribution in [2.75, 3.05) is 13.6 Å². The normalized spacial score (nSPS) is 12.8. The molecule has 5 nitrogen and oxygen atoms in total. The van der Waals surface area contributed by atoms with Crippen molar-refractivity contribution >= 4 is 5.84 Å². The zero-order valence-electron chi connectivity index (χ0n) is 9.64. The predicted molar refractivity (Wildman–Crippen MR) is 63.3 cm³/mol. The number of aromatic nitrogens is 1. The molecule has 0 saturated carbocycles. The molecule has 1 rings (SSSR count). The maximum Gasteiger partial charge on any atom is 0.141 e. The molecule has 1 atom stereocenters. The van der Waals surface area contributed by atoms with Gasteiger partial charge < -0.3 is 10.8 Å².